The topological polar surface area (TPSA) is 140 Å². The molecule has 1 aromatic carbocycles. The second kappa shape index (κ2) is 8.28. The number of fused-ring (bicyclic) bond motifs is 1. The number of carbonyl (C=O) groups is 3. The third-order valence-corrected chi connectivity index (χ3v) is 4.75. The Balaban J connectivity index is 1.68. The molecule has 4 N–H and O–H groups in total. The number of nitrogens with two attached hydrogens (primary N) is 1. The molecule has 3 rings (SSSR count). The van der Waals surface area contributed by atoms with E-state index in [2.05, 4.69) is 25.0 Å². The van der Waals surface area contributed by atoms with Crippen molar-refractivity contribution in [1.82, 2.24) is 15.0 Å². The van der Waals surface area contributed by atoms with Gasteiger partial charge in [-0.25, -0.2) is 14.8 Å². The lowest BCUT2D eigenvalue weighted by Gasteiger charge is -2.04. The maximum atomic E-state index is 12.1. The molecule has 28 heavy (non-hydrogen) atoms. The summed E-state index contributed by atoms with van der Waals surface area (Å²) < 4.78 is 4.68. The van der Waals surface area contributed by atoms with Crippen molar-refractivity contribution in [3.8, 4) is 0 Å². The summed E-state index contributed by atoms with van der Waals surface area (Å²) in [5, 5.41) is 3.29. The highest BCUT2D eigenvalue weighted by Crippen LogP contribution is 2.26. The van der Waals surface area contributed by atoms with Crippen LogP contribution in [0, 0.1) is 0 Å². The lowest BCUT2D eigenvalue weighted by molar-refractivity contribution is -0.113. The number of rotatable bonds is 6. The lowest BCUT2D eigenvalue weighted by Crippen LogP contribution is -2.18. The van der Waals surface area contributed by atoms with Crippen LogP contribution in [-0.4, -0.2) is 45.6 Å². The summed E-state index contributed by atoms with van der Waals surface area (Å²) in [6.45, 7) is 0. The van der Waals surface area contributed by atoms with Crippen molar-refractivity contribution < 1.29 is 19.1 Å². The number of aromatic amines is 1. The minimum Gasteiger partial charge on any atom is -0.465 e. The van der Waals surface area contributed by atoms with Crippen molar-refractivity contribution in [2.75, 3.05) is 18.2 Å². The maximum absolute atomic E-state index is 12.1. The van der Waals surface area contributed by atoms with Crippen molar-refractivity contribution in [3.05, 3.63) is 46.6 Å². The molecule has 2 amide bonds. The average Bonchev–Trinajstić information content (AvgIpc) is 3.07. The van der Waals surface area contributed by atoms with E-state index in [1.54, 1.807) is 18.2 Å². The van der Waals surface area contributed by atoms with Crippen LogP contribution in [0.25, 0.3) is 11.0 Å². The number of ether oxygens (including phenoxy) is 1. The van der Waals surface area contributed by atoms with Gasteiger partial charge in [0.2, 0.25) is 5.91 Å². The second-order valence-corrected chi connectivity index (χ2v) is 6.86. The SMILES string of the molecule is COC(=O)c1cc2nc(SCC(=O)Nc3cccc(C(N)=O)n3)[nH]c2cc1Cl. The van der Waals surface area contributed by atoms with Crippen LogP contribution in [0.2, 0.25) is 5.02 Å². The van der Waals surface area contributed by atoms with Gasteiger partial charge >= 0.3 is 5.97 Å². The first-order valence-corrected chi connectivity index (χ1v) is 9.21. The fraction of sp³-hybridized carbons (Fsp3) is 0.118. The molecule has 9 nitrogen and oxygen atoms in total. The highest BCUT2D eigenvalue weighted by molar-refractivity contribution is 7.99. The van der Waals surface area contributed by atoms with E-state index in [1.807, 2.05) is 0 Å². The van der Waals surface area contributed by atoms with Crippen LogP contribution < -0.4 is 11.1 Å². The standard InChI is InChI=1S/C17H14ClN5O4S/c1-27-16(26)8-5-11-12(6-9(8)18)22-17(21-11)28-7-14(24)23-13-4-2-3-10(20-13)15(19)25/h2-6H,7H2,1H3,(H2,19,25)(H,21,22)(H,20,23,24). The van der Waals surface area contributed by atoms with Gasteiger partial charge in [-0.15, -0.1) is 0 Å². The van der Waals surface area contributed by atoms with Gasteiger partial charge in [-0.05, 0) is 24.3 Å². The summed E-state index contributed by atoms with van der Waals surface area (Å²) in [5.41, 5.74) is 6.57. The van der Waals surface area contributed by atoms with Crippen LogP contribution in [0.15, 0.2) is 35.5 Å². The zero-order valence-electron chi connectivity index (χ0n) is 14.5. The number of amides is 2. The number of aromatic nitrogens is 3. The summed E-state index contributed by atoms with van der Waals surface area (Å²) in [4.78, 5) is 46.2. The molecule has 2 heterocycles. The van der Waals surface area contributed by atoms with Crippen LogP contribution in [0.5, 0.6) is 0 Å². The Morgan fingerprint density at radius 1 is 1.29 bits per heavy atom. The predicted molar refractivity (Wildman–Crippen MR) is 105 cm³/mol. The molecule has 0 fully saturated rings. The number of H-pyrrole nitrogens is 1. The molecule has 0 saturated carbocycles. The number of halogens is 1. The van der Waals surface area contributed by atoms with Gasteiger partial charge in [0.05, 0.1) is 34.5 Å². The van der Waals surface area contributed by atoms with Crippen LogP contribution in [0.3, 0.4) is 0 Å². The molecule has 0 aliphatic heterocycles. The van der Waals surface area contributed by atoms with E-state index >= 15 is 0 Å². The van der Waals surface area contributed by atoms with Gasteiger partial charge in [0.25, 0.3) is 5.91 Å². The Morgan fingerprint density at radius 2 is 2.07 bits per heavy atom. The van der Waals surface area contributed by atoms with E-state index in [0.717, 1.165) is 11.8 Å². The van der Waals surface area contributed by atoms with Gasteiger partial charge in [0, 0.05) is 0 Å². The number of imidazole rings is 1. The number of hydrogen-bond acceptors (Lipinski definition) is 7. The number of primary amides is 1. The van der Waals surface area contributed by atoms with E-state index in [9.17, 15) is 14.4 Å². The maximum Gasteiger partial charge on any atom is 0.339 e. The number of methoxy groups -OCH3 is 1. The first kappa shape index (κ1) is 19.6. The third kappa shape index (κ3) is 4.41. The summed E-state index contributed by atoms with van der Waals surface area (Å²) in [6.07, 6.45) is 0. The van der Waals surface area contributed by atoms with Gasteiger partial charge in [0.1, 0.15) is 11.5 Å². The molecule has 0 atom stereocenters. The summed E-state index contributed by atoms with van der Waals surface area (Å²) in [5.74, 6) is -1.32. The molecular weight excluding hydrogens is 406 g/mol. The number of carbonyl (C=O) groups excluding carboxylic acids is 3. The summed E-state index contributed by atoms with van der Waals surface area (Å²) >= 11 is 7.23. The Morgan fingerprint density at radius 3 is 2.79 bits per heavy atom. The number of nitrogens with zero attached hydrogens (tertiary/aromatic N) is 2. The molecule has 144 valence electrons. The van der Waals surface area contributed by atoms with Gasteiger partial charge in [-0.1, -0.05) is 29.4 Å². The number of pyridine rings is 1. The average molecular weight is 420 g/mol. The second-order valence-electron chi connectivity index (χ2n) is 5.49. The third-order valence-electron chi connectivity index (χ3n) is 3.56. The number of nitrogens with one attached hydrogen (secondary N) is 2. The number of hydrogen-bond donors (Lipinski definition) is 3. The van der Waals surface area contributed by atoms with Crippen molar-refractivity contribution in [2.45, 2.75) is 5.16 Å². The minimum absolute atomic E-state index is 0.0416. The normalized spacial score (nSPS) is 10.6. The van der Waals surface area contributed by atoms with Crippen molar-refractivity contribution >= 4 is 58.0 Å². The fourth-order valence-corrected chi connectivity index (χ4v) is 3.22. The zero-order chi connectivity index (χ0) is 20.3. The number of thioether (sulfide) groups is 1. The van der Waals surface area contributed by atoms with Crippen molar-refractivity contribution in [1.29, 1.82) is 0 Å². The first-order valence-electron chi connectivity index (χ1n) is 7.84. The molecule has 0 saturated heterocycles. The van der Waals surface area contributed by atoms with E-state index in [0.29, 0.717) is 16.2 Å². The Kier molecular flexibility index (Phi) is 5.81. The van der Waals surface area contributed by atoms with Crippen LogP contribution in [0.1, 0.15) is 20.8 Å². The number of anilines is 1. The molecule has 0 aliphatic rings. The molecular formula is C17H14ClN5O4S. The minimum atomic E-state index is -0.683. The quantitative estimate of drug-likeness (QED) is 0.411. The van der Waals surface area contributed by atoms with Crippen LogP contribution in [-0.2, 0) is 9.53 Å². The number of esters is 1. The fourth-order valence-electron chi connectivity index (χ4n) is 2.30. The molecule has 0 aliphatic carbocycles. The first-order chi connectivity index (χ1) is 13.4. The molecule has 0 spiro atoms. The number of benzene rings is 1. The smallest absolute Gasteiger partial charge is 0.339 e. The molecule has 0 unspecified atom stereocenters. The predicted octanol–water partition coefficient (Wildman–Crippen LogP) is 2.23. The Labute approximate surface area is 168 Å². The molecule has 3 aromatic rings. The van der Waals surface area contributed by atoms with E-state index in [-0.39, 0.29) is 33.8 Å². The van der Waals surface area contributed by atoms with Gasteiger partial charge in [-0.2, -0.15) is 0 Å². The van der Waals surface area contributed by atoms with Crippen molar-refractivity contribution in [2.24, 2.45) is 5.73 Å². The van der Waals surface area contributed by atoms with E-state index < -0.39 is 11.9 Å². The lowest BCUT2D eigenvalue weighted by atomic mass is 10.2. The monoisotopic (exact) mass is 419 g/mol. The Hall–Kier alpha value is -3.11. The molecule has 0 bridgehead atoms. The van der Waals surface area contributed by atoms with Gasteiger partial charge < -0.3 is 20.8 Å². The Bertz CT molecular complexity index is 1080. The van der Waals surface area contributed by atoms with Gasteiger partial charge in [-0.3, -0.25) is 9.59 Å². The summed E-state index contributed by atoms with van der Waals surface area (Å²) in [7, 11) is 1.27. The highest BCUT2D eigenvalue weighted by Gasteiger charge is 2.15. The molecule has 2 aromatic heterocycles. The van der Waals surface area contributed by atoms with E-state index in [4.69, 9.17) is 17.3 Å². The van der Waals surface area contributed by atoms with Crippen LogP contribution in [0.4, 0.5) is 5.82 Å². The largest absolute Gasteiger partial charge is 0.465 e. The van der Waals surface area contributed by atoms with Crippen molar-refractivity contribution in [3.63, 3.8) is 0 Å². The highest BCUT2D eigenvalue weighted by atomic mass is 35.5. The molecule has 11 heteroatoms. The van der Waals surface area contributed by atoms with Gasteiger partial charge in [0.15, 0.2) is 5.16 Å². The molecule has 0 radical (unpaired) electrons. The summed E-state index contributed by atoms with van der Waals surface area (Å²) in [6, 6.07) is 7.65. The van der Waals surface area contributed by atoms with Crippen LogP contribution >= 0.6 is 23.4 Å². The zero-order valence-corrected chi connectivity index (χ0v) is 16.1. The van der Waals surface area contributed by atoms with E-state index in [1.165, 1.54) is 19.2 Å².